The first-order valence-electron chi connectivity index (χ1n) is 3.94. The van der Waals surface area contributed by atoms with Crippen molar-refractivity contribution in [3.63, 3.8) is 0 Å². The molecule has 1 fully saturated rings. The SMILES string of the molecule is C=CC[14C](=O)N1CCNCC1. The molecule has 1 N–H and O–H groups in total. The van der Waals surface area contributed by atoms with Crippen LogP contribution in [-0.2, 0) is 4.79 Å². The van der Waals surface area contributed by atoms with Crippen molar-refractivity contribution in [1.29, 1.82) is 0 Å². The van der Waals surface area contributed by atoms with Gasteiger partial charge in [0.05, 0.1) is 0 Å². The lowest BCUT2D eigenvalue weighted by atomic mass is 10.4. The summed E-state index contributed by atoms with van der Waals surface area (Å²) in [5.74, 6) is 0.196. The molecule has 0 aromatic rings. The van der Waals surface area contributed by atoms with Crippen LogP contribution in [0.4, 0.5) is 0 Å². The van der Waals surface area contributed by atoms with Crippen molar-refractivity contribution in [3.05, 3.63) is 12.7 Å². The van der Waals surface area contributed by atoms with Crippen LogP contribution in [0.1, 0.15) is 6.42 Å². The van der Waals surface area contributed by atoms with Gasteiger partial charge in [0.25, 0.3) is 0 Å². The van der Waals surface area contributed by atoms with E-state index in [0.717, 1.165) is 26.2 Å². The van der Waals surface area contributed by atoms with Gasteiger partial charge in [-0.2, -0.15) is 0 Å². The number of piperazine rings is 1. The van der Waals surface area contributed by atoms with E-state index in [2.05, 4.69) is 11.9 Å². The van der Waals surface area contributed by atoms with E-state index < -0.39 is 0 Å². The van der Waals surface area contributed by atoms with Gasteiger partial charge in [0, 0.05) is 32.6 Å². The highest BCUT2D eigenvalue weighted by molar-refractivity contribution is 5.77. The minimum absolute atomic E-state index is 0.196. The molecule has 11 heavy (non-hydrogen) atoms. The third-order valence-corrected chi connectivity index (χ3v) is 1.79. The van der Waals surface area contributed by atoms with Crippen LogP contribution in [0.15, 0.2) is 12.7 Å². The lowest BCUT2D eigenvalue weighted by molar-refractivity contribution is -0.130. The molecule has 0 bridgehead atoms. The minimum atomic E-state index is 0.196. The highest BCUT2D eigenvalue weighted by atomic mass is 16.3. The minimum Gasteiger partial charge on any atom is -0.340 e. The van der Waals surface area contributed by atoms with E-state index in [9.17, 15) is 4.79 Å². The van der Waals surface area contributed by atoms with Gasteiger partial charge in [-0.05, 0) is 0 Å². The number of carbonyl (C=O) groups excluding carboxylic acids is 1. The summed E-state index contributed by atoms with van der Waals surface area (Å²) in [6.07, 6.45) is 2.13. The fourth-order valence-electron chi connectivity index (χ4n) is 1.17. The van der Waals surface area contributed by atoms with E-state index in [1.54, 1.807) is 6.08 Å². The van der Waals surface area contributed by atoms with Crippen LogP contribution in [0.3, 0.4) is 0 Å². The van der Waals surface area contributed by atoms with E-state index >= 15 is 0 Å². The normalized spacial score (nSPS) is 18.0. The third kappa shape index (κ3) is 2.35. The standard InChI is InChI=1S/C8H14N2O/c1-2-3-8(11)10-6-4-9-5-7-10/h2,9H,1,3-7H2/i8+2. The molecule has 1 saturated heterocycles. The largest absolute Gasteiger partial charge is 0.340 e. The zero-order valence-electron chi connectivity index (χ0n) is 6.68. The van der Waals surface area contributed by atoms with Gasteiger partial charge in [0.15, 0.2) is 0 Å². The predicted molar refractivity (Wildman–Crippen MR) is 44.3 cm³/mol. The topological polar surface area (TPSA) is 32.3 Å². The Bertz CT molecular complexity index is 150. The number of hydrogen-bond acceptors (Lipinski definition) is 2. The van der Waals surface area contributed by atoms with Crippen molar-refractivity contribution in [2.24, 2.45) is 0 Å². The molecule has 0 atom stereocenters. The van der Waals surface area contributed by atoms with Crippen LogP contribution in [0, 0.1) is 0 Å². The Hall–Kier alpha value is -0.830. The molecule has 1 aliphatic rings. The molecule has 1 aliphatic heterocycles. The average molecular weight is 156 g/mol. The Kier molecular flexibility index (Phi) is 3.11. The van der Waals surface area contributed by atoms with Crippen LogP contribution in [0.25, 0.3) is 0 Å². The summed E-state index contributed by atoms with van der Waals surface area (Å²) in [6, 6.07) is 0. The monoisotopic (exact) mass is 156 g/mol. The van der Waals surface area contributed by atoms with Gasteiger partial charge in [-0.1, -0.05) is 6.08 Å². The molecule has 0 radical (unpaired) electrons. The molecule has 0 aromatic carbocycles. The maximum Gasteiger partial charge on any atom is 0.226 e. The van der Waals surface area contributed by atoms with Gasteiger partial charge in [-0.25, -0.2) is 0 Å². The fraction of sp³-hybridized carbons (Fsp3) is 0.625. The molecular weight excluding hydrogens is 142 g/mol. The molecule has 1 heterocycles. The third-order valence-electron chi connectivity index (χ3n) is 1.79. The van der Waals surface area contributed by atoms with Crippen LogP contribution in [0.5, 0.6) is 0 Å². The van der Waals surface area contributed by atoms with Gasteiger partial charge in [-0.15, -0.1) is 6.58 Å². The molecule has 0 unspecified atom stereocenters. The molecule has 0 saturated carbocycles. The van der Waals surface area contributed by atoms with E-state index in [0.29, 0.717) is 6.42 Å². The highest BCUT2D eigenvalue weighted by Gasteiger charge is 2.13. The smallest absolute Gasteiger partial charge is 0.226 e. The quantitative estimate of drug-likeness (QED) is 0.570. The molecule has 1 rings (SSSR count). The molecule has 0 aromatic heterocycles. The average Bonchev–Trinajstić information content (AvgIpc) is 2.07. The number of nitrogens with one attached hydrogen (secondary N) is 1. The Labute approximate surface area is 67.1 Å². The van der Waals surface area contributed by atoms with Gasteiger partial charge >= 0.3 is 0 Å². The van der Waals surface area contributed by atoms with Gasteiger partial charge < -0.3 is 10.2 Å². The van der Waals surface area contributed by atoms with Gasteiger partial charge in [0.1, 0.15) is 0 Å². The Morgan fingerprint density at radius 2 is 2.18 bits per heavy atom. The van der Waals surface area contributed by atoms with E-state index in [-0.39, 0.29) is 5.91 Å². The molecule has 3 nitrogen and oxygen atoms in total. The second kappa shape index (κ2) is 4.13. The number of rotatable bonds is 2. The predicted octanol–water partition coefficient (Wildman–Crippen LogP) is -0.00570. The molecular formula is C8H14N2O. The number of nitrogens with zero attached hydrogens (tertiary/aromatic N) is 1. The molecule has 3 heteroatoms. The molecule has 0 spiro atoms. The number of carbonyl (C=O) groups is 1. The number of amides is 1. The summed E-state index contributed by atoms with van der Waals surface area (Å²) in [7, 11) is 0. The van der Waals surface area contributed by atoms with Crippen molar-refractivity contribution >= 4 is 5.91 Å². The maximum absolute atomic E-state index is 11.2. The lowest BCUT2D eigenvalue weighted by Gasteiger charge is -2.26. The van der Waals surface area contributed by atoms with Gasteiger partial charge in [-0.3, -0.25) is 4.79 Å². The highest BCUT2D eigenvalue weighted by Crippen LogP contribution is 1.96. The first kappa shape index (κ1) is 8.27. The zero-order valence-corrected chi connectivity index (χ0v) is 6.68. The van der Waals surface area contributed by atoms with Crippen molar-refractivity contribution in [3.8, 4) is 0 Å². The summed E-state index contributed by atoms with van der Waals surface area (Å²) in [5, 5.41) is 3.19. The van der Waals surface area contributed by atoms with E-state index in [1.165, 1.54) is 0 Å². The Morgan fingerprint density at radius 1 is 1.55 bits per heavy atom. The maximum atomic E-state index is 11.2. The summed E-state index contributed by atoms with van der Waals surface area (Å²) < 4.78 is 0. The van der Waals surface area contributed by atoms with E-state index in [4.69, 9.17) is 0 Å². The van der Waals surface area contributed by atoms with Crippen molar-refractivity contribution in [2.75, 3.05) is 26.2 Å². The fourth-order valence-corrected chi connectivity index (χ4v) is 1.17. The summed E-state index contributed by atoms with van der Waals surface area (Å²) in [6.45, 7) is 7.05. The second-order valence-corrected chi connectivity index (χ2v) is 2.62. The second-order valence-electron chi connectivity index (χ2n) is 2.62. The summed E-state index contributed by atoms with van der Waals surface area (Å²) in [4.78, 5) is 13.1. The molecule has 62 valence electrons. The summed E-state index contributed by atoms with van der Waals surface area (Å²) >= 11 is 0. The van der Waals surface area contributed by atoms with Crippen LogP contribution < -0.4 is 5.32 Å². The van der Waals surface area contributed by atoms with Crippen LogP contribution in [0.2, 0.25) is 0 Å². The van der Waals surface area contributed by atoms with Crippen LogP contribution in [-0.4, -0.2) is 37.0 Å². The van der Waals surface area contributed by atoms with Crippen molar-refractivity contribution in [1.82, 2.24) is 10.2 Å². The van der Waals surface area contributed by atoms with Gasteiger partial charge in [0.2, 0.25) is 5.91 Å². The molecule has 0 aliphatic carbocycles. The Morgan fingerprint density at radius 3 is 2.73 bits per heavy atom. The van der Waals surface area contributed by atoms with Crippen molar-refractivity contribution in [2.45, 2.75) is 6.42 Å². The number of hydrogen-bond donors (Lipinski definition) is 1. The van der Waals surface area contributed by atoms with E-state index in [1.807, 2.05) is 4.90 Å². The first-order chi connectivity index (χ1) is 5.34. The lowest BCUT2D eigenvalue weighted by Crippen LogP contribution is -2.46. The van der Waals surface area contributed by atoms with Crippen molar-refractivity contribution < 1.29 is 4.79 Å². The zero-order chi connectivity index (χ0) is 8.10. The first-order valence-corrected chi connectivity index (χ1v) is 3.94. The molecule has 1 amide bonds. The van der Waals surface area contributed by atoms with Crippen LogP contribution >= 0.6 is 0 Å². The summed E-state index contributed by atoms with van der Waals surface area (Å²) in [5.41, 5.74) is 0. The Balaban J connectivity index is 2.32.